The molecule has 0 spiro atoms. The number of rotatable bonds is 4. The maximum absolute atomic E-state index is 5.33. The van der Waals surface area contributed by atoms with Crippen LogP contribution >= 0.6 is 0 Å². The second kappa shape index (κ2) is 4.94. The number of likely N-dealkylation sites (N-methyl/N-ethyl adjacent to an activating group) is 1. The van der Waals surface area contributed by atoms with Gasteiger partial charge in [-0.05, 0) is 44.2 Å². The number of hydrogen-bond donors (Lipinski definition) is 1. The summed E-state index contributed by atoms with van der Waals surface area (Å²) in [6, 6.07) is 6.44. The zero-order chi connectivity index (χ0) is 11.4. The monoisotopic (exact) mass is 216 g/mol. The third-order valence-electron chi connectivity index (χ3n) is 2.69. The van der Waals surface area contributed by atoms with E-state index >= 15 is 0 Å². The first-order valence-electron chi connectivity index (χ1n) is 5.41. The average Bonchev–Trinajstić information content (AvgIpc) is 2.74. The zero-order valence-corrected chi connectivity index (χ0v) is 9.60. The molecule has 2 rings (SSSR count). The predicted octanol–water partition coefficient (Wildman–Crippen LogP) is 2.49. The molecule has 3 heteroatoms. The second-order valence-electron chi connectivity index (χ2n) is 3.89. The van der Waals surface area contributed by atoms with Gasteiger partial charge in [0.05, 0.1) is 6.26 Å². The highest BCUT2D eigenvalue weighted by Gasteiger charge is 2.12. The van der Waals surface area contributed by atoms with E-state index in [1.165, 1.54) is 11.1 Å². The van der Waals surface area contributed by atoms with Gasteiger partial charge in [0.25, 0.3) is 0 Å². The van der Waals surface area contributed by atoms with E-state index in [2.05, 4.69) is 16.4 Å². The van der Waals surface area contributed by atoms with Crippen LogP contribution in [0.15, 0.2) is 41.3 Å². The van der Waals surface area contributed by atoms with Crippen LogP contribution in [0.1, 0.15) is 22.9 Å². The van der Waals surface area contributed by atoms with E-state index in [0.717, 1.165) is 12.2 Å². The normalized spacial score (nSPS) is 12.6. The Balaban J connectivity index is 2.12. The van der Waals surface area contributed by atoms with E-state index in [1.54, 1.807) is 0 Å². The Hall–Kier alpha value is -1.61. The van der Waals surface area contributed by atoms with Gasteiger partial charge in [0, 0.05) is 24.0 Å². The minimum absolute atomic E-state index is 0.292. The molecule has 2 aromatic heterocycles. The van der Waals surface area contributed by atoms with Crippen LogP contribution in [0.2, 0.25) is 0 Å². The first kappa shape index (κ1) is 10.9. The first-order valence-corrected chi connectivity index (χ1v) is 5.41. The van der Waals surface area contributed by atoms with Crippen molar-refractivity contribution in [3.05, 3.63) is 53.7 Å². The Morgan fingerprint density at radius 2 is 2.12 bits per heavy atom. The molecule has 0 bridgehead atoms. The molecule has 0 radical (unpaired) electrons. The van der Waals surface area contributed by atoms with Crippen molar-refractivity contribution in [3.63, 3.8) is 0 Å². The van der Waals surface area contributed by atoms with Crippen molar-refractivity contribution in [3.8, 4) is 0 Å². The van der Waals surface area contributed by atoms with Crippen LogP contribution in [0.3, 0.4) is 0 Å². The lowest BCUT2D eigenvalue weighted by molar-refractivity contribution is 0.520. The molecule has 3 nitrogen and oxygen atoms in total. The zero-order valence-electron chi connectivity index (χ0n) is 9.60. The fourth-order valence-corrected chi connectivity index (χ4v) is 1.79. The summed E-state index contributed by atoms with van der Waals surface area (Å²) in [5.41, 5.74) is 2.46. The maximum Gasteiger partial charge on any atom is 0.101 e. The molecule has 0 saturated carbocycles. The first-order chi connectivity index (χ1) is 7.79. The average molecular weight is 216 g/mol. The number of furan rings is 1. The molecule has 16 heavy (non-hydrogen) atoms. The predicted molar refractivity (Wildman–Crippen MR) is 63.2 cm³/mol. The molecule has 2 aromatic rings. The Morgan fingerprint density at radius 3 is 2.69 bits per heavy atom. The quantitative estimate of drug-likeness (QED) is 0.853. The molecular formula is C13H16N2O. The van der Waals surface area contributed by atoms with E-state index in [-0.39, 0.29) is 0 Å². The summed E-state index contributed by atoms with van der Waals surface area (Å²) < 4.78 is 5.33. The molecule has 0 aliphatic heterocycles. The summed E-state index contributed by atoms with van der Waals surface area (Å²) in [7, 11) is 1.97. The smallest absolute Gasteiger partial charge is 0.101 e. The number of nitrogens with one attached hydrogen (secondary N) is 1. The highest BCUT2D eigenvalue weighted by Crippen LogP contribution is 2.19. The molecule has 0 aliphatic rings. The van der Waals surface area contributed by atoms with E-state index < -0.39 is 0 Å². The summed E-state index contributed by atoms with van der Waals surface area (Å²) in [6.45, 7) is 1.96. The lowest BCUT2D eigenvalue weighted by Gasteiger charge is -2.13. The van der Waals surface area contributed by atoms with Crippen LogP contribution in [-0.4, -0.2) is 12.0 Å². The van der Waals surface area contributed by atoms with Gasteiger partial charge < -0.3 is 9.73 Å². The topological polar surface area (TPSA) is 38.1 Å². The van der Waals surface area contributed by atoms with Crippen LogP contribution in [0.4, 0.5) is 0 Å². The minimum Gasteiger partial charge on any atom is -0.469 e. The molecule has 0 aromatic carbocycles. The molecule has 1 atom stereocenters. The summed E-state index contributed by atoms with van der Waals surface area (Å²) in [4.78, 5) is 4.02. The van der Waals surface area contributed by atoms with Gasteiger partial charge in [0.1, 0.15) is 5.76 Å². The Bertz CT molecular complexity index is 436. The maximum atomic E-state index is 5.33. The van der Waals surface area contributed by atoms with Crippen LogP contribution in [0.25, 0.3) is 0 Å². The largest absolute Gasteiger partial charge is 0.469 e. The van der Waals surface area contributed by atoms with E-state index in [0.29, 0.717) is 6.04 Å². The van der Waals surface area contributed by atoms with Crippen molar-refractivity contribution < 1.29 is 4.42 Å². The highest BCUT2D eigenvalue weighted by molar-refractivity contribution is 5.20. The van der Waals surface area contributed by atoms with Gasteiger partial charge in [-0.2, -0.15) is 0 Å². The van der Waals surface area contributed by atoms with Crippen molar-refractivity contribution in [2.75, 3.05) is 7.05 Å². The van der Waals surface area contributed by atoms with E-state index in [1.807, 2.05) is 44.8 Å². The Morgan fingerprint density at radius 1 is 1.38 bits per heavy atom. The van der Waals surface area contributed by atoms with Gasteiger partial charge in [0.15, 0.2) is 0 Å². The third-order valence-corrected chi connectivity index (χ3v) is 2.69. The van der Waals surface area contributed by atoms with Gasteiger partial charge in [-0.3, -0.25) is 4.98 Å². The number of hydrogen-bond acceptors (Lipinski definition) is 3. The molecule has 0 amide bonds. The standard InChI is InChI=1S/C13H16N2O/c1-10-7-12(9-16-10)13(14-2)8-11-3-5-15-6-4-11/h3-7,9,13-14H,8H2,1-2H3. The number of nitrogens with zero attached hydrogens (tertiary/aromatic N) is 1. The van der Waals surface area contributed by atoms with Crippen molar-refractivity contribution in [1.82, 2.24) is 10.3 Å². The molecule has 2 heterocycles. The fraction of sp³-hybridized carbons (Fsp3) is 0.308. The molecule has 84 valence electrons. The van der Waals surface area contributed by atoms with Gasteiger partial charge in [0.2, 0.25) is 0 Å². The van der Waals surface area contributed by atoms with E-state index in [4.69, 9.17) is 4.42 Å². The SMILES string of the molecule is CNC(Cc1ccncc1)c1coc(C)c1. The minimum atomic E-state index is 0.292. The van der Waals surface area contributed by atoms with Crippen molar-refractivity contribution >= 4 is 0 Å². The van der Waals surface area contributed by atoms with Crippen LogP contribution in [0.5, 0.6) is 0 Å². The summed E-state index contributed by atoms with van der Waals surface area (Å²) >= 11 is 0. The van der Waals surface area contributed by atoms with Crippen molar-refractivity contribution in [2.24, 2.45) is 0 Å². The van der Waals surface area contributed by atoms with Crippen LogP contribution in [-0.2, 0) is 6.42 Å². The second-order valence-corrected chi connectivity index (χ2v) is 3.89. The van der Waals surface area contributed by atoms with Gasteiger partial charge in [-0.25, -0.2) is 0 Å². The Kier molecular flexibility index (Phi) is 3.37. The number of aromatic nitrogens is 1. The van der Waals surface area contributed by atoms with Crippen LogP contribution < -0.4 is 5.32 Å². The lowest BCUT2D eigenvalue weighted by atomic mass is 10.0. The summed E-state index contributed by atoms with van der Waals surface area (Å²) in [5.74, 6) is 0.949. The lowest BCUT2D eigenvalue weighted by Crippen LogP contribution is -2.18. The molecule has 0 saturated heterocycles. The fourth-order valence-electron chi connectivity index (χ4n) is 1.79. The molecule has 1 unspecified atom stereocenters. The highest BCUT2D eigenvalue weighted by atomic mass is 16.3. The van der Waals surface area contributed by atoms with Crippen molar-refractivity contribution in [2.45, 2.75) is 19.4 Å². The van der Waals surface area contributed by atoms with Crippen LogP contribution in [0, 0.1) is 6.92 Å². The van der Waals surface area contributed by atoms with Crippen molar-refractivity contribution in [1.29, 1.82) is 0 Å². The molecule has 0 aliphatic carbocycles. The van der Waals surface area contributed by atoms with Gasteiger partial charge in [-0.15, -0.1) is 0 Å². The molecule has 0 fully saturated rings. The summed E-state index contributed by atoms with van der Waals surface area (Å²) in [6.07, 6.45) is 6.40. The van der Waals surface area contributed by atoms with Gasteiger partial charge in [-0.1, -0.05) is 0 Å². The van der Waals surface area contributed by atoms with E-state index in [9.17, 15) is 0 Å². The molecular weight excluding hydrogens is 200 g/mol. The number of aryl methyl sites for hydroxylation is 1. The molecule has 1 N–H and O–H groups in total. The number of pyridine rings is 1. The third kappa shape index (κ3) is 2.49. The Labute approximate surface area is 95.5 Å². The summed E-state index contributed by atoms with van der Waals surface area (Å²) in [5, 5.41) is 3.30. The van der Waals surface area contributed by atoms with Gasteiger partial charge >= 0.3 is 0 Å².